The van der Waals surface area contributed by atoms with Crippen LogP contribution in [0.4, 0.5) is 0 Å². The van der Waals surface area contributed by atoms with E-state index in [1.807, 2.05) is 0 Å². The number of nitrogens with one attached hydrogen (secondary N) is 3. The van der Waals surface area contributed by atoms with E-state index in [4.69, 9.17) is 10.8 Å². The van der Waals surface area contributed by atoms with Crippen LogP contribution in [0.3, 0.4) is 0 Å². The Balaban J connectivity index is 4.59. The molecule has 3 atom stereocenters. The highest BCUT2D eigenvalue weighted by Gasteiger charge is 2.24. The molecule has 0 aromatic heterocycles. The highest BCUT2D eigenvalue weighted by atomic mass is 16.4. The molecule has 0 unspecified atom stereocenters. The van der Waals surface area contributed by atoms with Gasteiger partial charge in [0.2, 0.25) is 17.7 Å². The zero-order valence-corrected chi connectivity index (χ0v) is 13.7. The van der Waals surface area contributed by atoms with E-state index >= 15 is 0 Å². The second-order valence-corrected chi connectivity index (χ2v) is 5.34. The Bertz CT molecular complexity index is 441. The molecule has 0 bridgehead atoms. The minimum atomic E-state index is -1.17. The standard InChI is InChI=1S/C14H26N4O5/c1-8(12(20)17-9(2)14(22)23)16-13(21)11(18-10(3)19)6-4-5-7-15/h8-9,11H,4-7,15H2,1-3H3,(H,16,21)(H,17,20)(H,18,19)(H,22,23)/t8-,9-,11+/m1/s1. The molecule has 23 heavy (non-hydrogen) atoms. The molecule has 9 heteroatoms. The van der Waals surface area contributed by atoms with Crippen molar-refractivity contribution in [2.75, 3.05) is 6.54 Å². The van der Waals surface area contributed by atoms with Crippen molar-refractivity contribution in [1.29, 1.82) is 0 Å². The van der Waals surface area contributed by atoms with Crippen LogP contribution >= 0.6 is 0 Å². The molecule has 0 rings (SSSR count). The van der Waals surface area contributed by atoms with Crippen molar-refractivity contribution in [1.82, 2.24) is 16.0 Å². The smallest absolute Gasteiger partial charge is 0.325 e. The summed E-state index contributed by atoms with van der Waals surface area (Å²) in [4.78, 5) is 45.8. The molecule has 9 nitrogen and oxygen atoms in total. The van der Waals surface area contributed by atoms with Crippen LogP contribution in [0, 0.1) is 0 Å². The van der Waals surface area contributed by atoms with Gasteiger partial charge in [-0.15, -0.1) is 0 Å². The van der Waals surface area contributed by atoms with E-state index in [0.717, 1.165) is 6.42 Å². The van der Waals surface area contributed by atoms with E-state index in [1.54, 1.807) is 0 Å². The number of carboxylic acid groups (broad SMARTS) is 1. The molecule has 3 amide bonds. The monoisotopic (exact) mass is 330 g/mol. The highest BCUT2D eigenvalue weighted by molar-refractivity contribution is 5.92. The summed E-state index contributed by atoms with van der Waals surface area (Å²) in [6, 6.07) is -2.74. The van der Waals surface area contributed by atoms with Gasteiger partial charge >= 0.3 is 5.97 Å². The Morgan fingerprint density at radius 1 is 0.957 bits per heavy atom. The summed E-state index contributed by atoms with van der Waals surface area (Å²) in [6.45, 7) is 4.54. The summed E-state index contributed by atoms with van der Waals surface area (Å²) < 4.78 is 0. The number of hydrogen-bond acceptors (Lipinski definition) is 5. The van der Waals surface area contributed by atoms with E-state index in [-0.39, 0.29) is 5.91 Å². The molecule has 0 saturated heterocycles. The van der Waals surface area contributed by atoms with Gasteiger partial charge in [0.1, 0.15) is 18.1 Å². The number of amides is 3. The van der Waals surface area contributed by atoms with Crippen LogP contribution in [0.25, 0.3) is 0 Å². The van der Waals surface area contributed by atoms with Crippen LogP contribution in [0.1, 0.15) is 40.0 Å². The molecular weight excluding hydrogens is 304 g/mol. The summed E-state index contributed by atoms with van der Waals surface area (Å²) in [6.07, 6.45) is 1.78. The number of carbonyl (C=O) groups is 4. The van der Waals surface area contributed by atoms with Gasteiger partial charge < -0.3 is 26.8 Å². The minimum Gasteiger partial charge on any atom is -0.480 e. The molecule has 0 spiro atoms. The predicted octanol–water partition coefficient (Wildman–Crippen LogP) is -1.29. The molecule has 0 aromatic rings. The van der Waals surface area contributed by atoms with Gasteiger partial charge in [0.15, 0.2) is 0 Å². The van der Waals surface area contributed by atoms with Crippen molar-refractivity contribution >= 4 is 23.7 Å². The SMILES string of the molecule is CC(=O)N[C@@H](CCCCN)C(=O)N[C@H](C)C(=O)N[C@H](C)C(=O)O. The molecule has 0 aliphatic heterocycles. The number of carboxylic acids is 1. The first-order valence-corrected chi connectivity index (χ1v) is 7.49. The third kappa shape index (κ3) is 8.77. The fourth-order valence-electron chi connectivity index (χ4n) is 1.79. The molecule has 0 aliphatic rings. The van der Waals surface area contributed by atoms with Crippen LogP contribution in [-0.4, -0.2) is 53.5 Å². The van der Waals surface area contributed by atoms with E-state index in [9.17, 15) is 19.2 Å². The minimum absolute atomic E-state index is 0.352. The molecule has 0 aliphatic carbocycles. The van der Waals surface area contributed by atoms with Gasteiger partial charge in [-0.1, -0.05) is 0 Å². The van der Waals surface area contributed by atoms with Crippen molar-refractivity contribution < 1.29 is 24.3 Å². The quantitative estimate of drug-likeness (QED) is 0.315. The van der Waals surface area contributed by atoms with Gasteiger partial charge in [-0.2, -0.15) is 0 Å². The van der Waals surface area contributed by atoms with E-state index in [2.05, 4.69) is 16.0 Å². The van der Waals surface area contributed by atoms with E-state index in [0.29, 0.717) is 19.4 Å². The van der Waals surface area contributed by atoms with Crippen molar-refractivity contribution in [2.45, 2.75) is 58.2 Å². The Morgan fingerprint density at radius 2 is 1.52 bits per heavy atom. The molecule has 132 valence electrons. The number of hydrogen-bond donors (Lipinski definition) is 5. The lowest BCUT2D eigenvalue weighted by Crippen LogP contribution is -2.54. The number of aliphatic carboxylic acids is 1. The van der Waals surface area contributed by atoms with Crippen LogP contribution in [0.15, 0.2) is 0 Å². The lowest BCUT2D eigenvalue weighted by molar-refractivity contribution is -0.141. The van der Waals surface area contributed by atoms with Gasteiger partial charge in [0, 0.05) is 6.92 Å². The van der Waals surface area contributed by atoms with Gasteiger partial charge in [0.25, 0.3) is 0 Å². The van der Waals surface area contributed by atoms with Crippen molar-refractivity contribution in [2.24, 2.45) is 5.73 Å². The summed E-state index contributed by atoms with van der Waals surface area (Å²) in [5.74, 6) is -2.64. The third-order valence-electron chi connectivity index (χ3n) is 3.12. The van der Waals surface area contributed by atoms with Crippen LogP contribution in [-0.2, 0) is 19.2 Å². The number of rotatable bonds is 10. The van der Waals surface area contributed by atoms with Crippen LogP contribution < -0.4 is 21.7 Å². The maximum atomic E-state index is 12.2. The summed E-state index contributed by atoms with van der Waals surface area (Å²) in [5, 5.41) is 16.0. The van der Waals surface area contributed by atoms with Crippen LogP contribution in [0.5, 0.6) is 0 Å². The lowest BCUT2D eigenvalue weighted by Gasteiger charge is -2.21. The molecule has 0 aromatic carbocycles. The van der Waals surface area contributed by atoms with Gasteiger partial charge in [-0.25, -0.2) is 0 Å². The Morgan fingerprint density at radius 3 is 2.00 bits per heavy atom. The Kier molecular flexibility index (Phi) is 9.56. The summed E-state index contributed by atoms with van der Waals surface area (Å²) in [5.41, 5.74) is 5.39. The van der Waals surface area contributed by atoms with Gasteiger partial charge in [-0.05, 0) is 39.7 Å². The first kappa shape index (κ1) is 20.8. The fourth-order valence-corrected chi connectivity index (χ4v) is 1.79. The zero-order chi connectivity index (χ0) is 18.0. The third-order valence-corrected chi connectivity index (χ3v) is 3.12. The maximum Gasteiger partial charge on any atom is 0.325 e. The Hall–Kier alpha value is -2.16. The second-order valence-electron chi connectivity index (χ2n) is 5.34. The molecule has 0 saturated carbocycles. The molecule has 0 heterocycles. The molecule has 0 radical (unpaired) electrons. The largest absolute Gasteiger partial charge is 0.480 e. The molecular formula is C14H26N4O5. The maximum absolute atomic E-state index is 12.2. The van der Waals surface area contributed by atoms with Gasteiger partial charge in [0.05, 0.1) is 0 Å². The normalized spacial score (nSPS) is 14.3. The number of carbonyl (C=O) groups excluding carboxylic acids is 3. The van der Waals surface area contributed by atoms with Crippen molar-refractivity contribution in [3.63, 3.8) is 0 Å². The van der Waals surface area contributed by atoms with E-state index in [1.165, 1.54) is 20.8 Å². The average Bonchev–Trinajstić information content (AvgIpc) is 2.45. The first-order chi connectivity index (χ1) is 10.7. The Labute approximate surface area is 135 Å². The van der Waals surface area contributed by atoms with Crippen LogP contribution in [0.2, 0.25) is 0 Å². The number of unbranched alkanes of at least 4 members (excludes halogenated alkanes) is 1. The fraction of sp³-hybridized carbons (Fsp3) is 0.714. The average molecular weight is 330 g/mol. The second kappa shape index (κ2) is 10.5. The first-order valence-electron chi connectivity index (χ1n) is 7.49. The lowest BCUT2D eigenvalue weighted by atomic mass is 10.1. The molecule has 0 fully saturated rings. The van der Waals surface area contributed by atoms with Gasteiger partial charge in [-0.3, -0.25) is 19.2 Å². The summed E-state index contributed by atoms with van der Waals surface area (Å²) >= 11 is 0. The van der Waals surface area contributed by atoms with E-state index < -0.39 is 35.9 Å². The van der Waals surface area contributed by atoms with Crippen molar-refractivity contribution in [3.8, 4) is 0 Å². The molecule has 6 N–H and O–H groups in total. The highest BCUT2D eigenvalue weighted by Crippen LogP contribution is 2.02. The summed E-state index contributed by atoms with van der Waals surface area (Å²) in [7, 11) is 0. The topological polar surface area (TPSA) is 151 Å². The number of nitrogens with two attached hydrogens (primary N) is 1. The zero-order valence-electron chi connectivity index (χ0n) is 13.7. The predicted molar refractivity (Wildman–Crippen MR) is 83.4 cm³/mol. The van der Waals surface area contributed by atoms with Crippen molar-refractivity contribution in [3.05, 3.63) is 0 Å².